The van der Waals surface area contributed by atoms with Crippen LogP contribution in [0, 0.1) is 11.6 Å². The predicted octanol–water partition coefficient (Wildman–Crippen LogP) is 3.68. The molecule has 6 heteroatoms. The average molecular weight is 294 g/mol. The Kier molecular flexibility index (Phi) is 4.23. The summed E-state index contributed by atoms with van der Waals surface area (Å²) in [5.74, 6) is -1.74. The van der Waals surface area contributed by atoms with Gasteiger partial charge in [0.05, 0.1) is 6.10 Å². The van der Waals surface area contributed by atoms with E-state index in [0.717, 1.165) is 12.1 Å². The summed E-state index contributed by atoms with van der Waals surface area (Å²) in [4.78, 5) is 11.1. The number of benzene rings is 1. The molecule has 1 rings (SSSR count). The van der Waals surface area contributed by atoms with Gasteiger partial charge in [-0.15, -0.1) is 0 Å². The lowest BCUT2D eigenvalue weighted by Crippen LogP contribution is -2.19. The highest BCUT2D eigenvalue weighted by atomic mass is 79.9. The summed E-state index contributed by atoms with van der Waals surface area (Å²) >= 11 is 2.93. The Bertz CT molecular complexity index is 387. The van der Waals surface area contributed by atoms with Crippen molar-refractivity contribution in [3.05, 3.63) is 28.2 Å². The van der Waals surface area contributed by atoms with Gasteiger partial charge in [-0.05, 0) is 26.0 Å². The quantitative estimate of drug-likeness (QED) is 0.903. The van der Waals surface area contributed by atoms with E-state index in [4.69, 9.17) is 4.74 Å². The number of anilines is 1. The van der Waals surface area contributed by atoms with Gasteiger partial charge in [0.25, 0.3) is 0 Å². The van der Waals surface area contributed by atoms with Crippen LogP contribution in [0.2, 0.25) is 0 Å². The van der Waals surface area contributed by atoms with Crippen molar-refractivity contribution in [2.45, 2.75) is 20.0 Å². The zero-order valence-electron chi connectivity index (χ0n) is 8.68. The molecule has 3 nitrogen and oxygen atoms in total. The summed E-state index contributed by atoms with van der Waals surface area (Å²) in [6.45, 7) is 3.27. The maximum atomic E-state index is 13.3. The Morgan fingerprint density at radius 2 is 1.88 bits per heavy atom. The molecule has 0 aromatic heterocycles. The molecule has 0 fully saturated rings. The fourth-order valence-electron chi connectivity index (χ4n) is 1.01. The number of carbonyl (C=O) groups is 1. The Hall–Kier alpha value is -1.17. The van der Waals surface area contributed by atoms with Crippen LogP contribution in [-0.4, -0.2) is 12.2 Å². The topological polar surface area (TPSA) is 38.3 Å². The van der Waals surface area contributed by atoms with E-state index in [1.165, 1.54) is 0 Å². The van der Waals surface area contributed by atoms with Crippen molar-refractivity contribution >= 4 is 27.7 Å². The summed E-state index contributed by atoms with van der Waals surface area (Å²) in [6, 6.07) is 2.10. The zero-order chi connectivity index (χ0) is 12.3. The van der Waals surface area contributed by atoms with E-state index in [9.17, 15) is 13.6 Å². The average Bonchev–Trinajstić information content (AvgIpc) is 2.09. The summed E-state index contributed by atoms with van der Waals surface area (Å²) in [5, 5.41) is 2.01. The Morgan fingerprint density at radius 3 is 2.31 bits per heavy atom. The molecule has 88 valence electrons. The SMILES string of the molecule is CC(C)OC(=O)Nc1c(F)cc(Br)cc1F. The van der Waals surface area contributed by atoms with E-state index in [0.29, 0.717) is 0 Å². The summed E-state index contributed by atoms with van der Waals surface area (Å²) < 4.78 is 31.5. The largest absolute Gasteiger partial charge is 0.447 e. The van der Waals surface area contributed by atoms with Gasteiger partial charge in [0, 0.05) is 4.47 Å². The lowest BCUT2D eigenvalue weighted by Gasteiger charge is -2.10. The minimum atomic E-state index is -0.893. The fraction of sp³-hybridized carbons (Fsp3) is 0.300. The molecular weight excluding hydrogens is 284 g/mol. The van der Waals surface area contributed by atoms with E-state index in [1.54, 1.807) is 13.8 Å². The Morgan fingerprint density at radius 1 is 1.38 bits per heavy atom. The van der Waals surface area contributed by atoms with Crippen molar-refractivity contribution < 1.29 is 18.3 Å². The van der Waals surface area contributed by atoms with Gasteiger partial charge in [0.1, 0.15) is 5.69 Å². The van der Waals surface area contributed by atoms with Gasteiger partial charge in [-0.1, -0.05) is 15.9 Å². The van der Waals surface area contributed by atoms with E-state index < -0.39 is 23.4 Å². The number of amides is 1. The van der Waals surface area contributed by atoms with Crippen LogP contribution in [0.3, 0.4) is 0 Å². The minimum absolute atomic E-state index is 0.255. The third kappa shape index (κ3) is 3.44. The first-order chi connectivity index (χ1) is 7.40. The van der Waals surface area contributed by atoms with Crippen molar-refractivity contribution in [2.24, 2.45) is 0 Å². The fourth-order valence-corrected chi connectivity index (χ4v) is 1.41. The molecule has 0 bridgehead atoms. The van der Waals surface area contributed by atoms with Crippen LogP contribution in [0.5, 0.6) is 0 Å². The van der Waals surface area contributed by atoms with Gasteiger partial charge < -0.3 is 4.74 Å². The maximum Gasteiger partial charge on any atom is 0.412 e. The van der Waals surface area contributed by atoms with Crippen molar-refractivity contribution in [2.75, 3.05) is 5.32 Å². The van der Waals surface area contributed by atoms with Gasteiger partial charge >= 0.3 is 6.09 Å². The maximum absolute atomic E-state index is 13.3. The second-order valence-corrected chi connectivity index (χ2v) is 4.24. The first-order valence-electron chi connectivity index (χ1n) is 4.52. The van der Waals surface area contributed by atoms with Crippen molar-refractivity contribution in [1.82, 2.24) is 0 Å². The second-order valence-electron chi connectivity index (χ2n) is 3.32. The summed E-state index contributed by atoms with van der Waals surface area (Å²) in [7, 11) is 0. The van der Waals surface area contributed by atoms with Crippen LogP contribution in [-0.2, 0) is 4.74 Å². The molecular formula is C10H10BrF2NO2. The molecule has 0 heterocycles. The van der Waals surface area contributed by atoms with Gasteiger partial charge in [0.15, 0.2) is 11.6 Å². The molecule has 16 heavy (non-hydrogen) atoms. The molecule has 0 aliphatic rings. The molecule has 1 aromatic carbocycles. The van der Waals surface area contributed by atoms with E-state index >= 15 is 0 Å². The molecule has 0 saturated heterocycles. The first-order valence-corrected chi connectivity index (χ1v) is 5.31. The highest BCUT2D eigenvalue weighted by molar-refractivity contribution is 9.10. The summed E-state index contributed by atoms with van der Waals surface area (Å²) in [6.07, 6.45) is -1.25. The predicted molar refractivity (Wildman–Crippen MR) is 59.3 cm³/mol. The number of ether oxygens (including phenoxy) is 1. The third-order valence-corrected chi connectivity index (χ3v) is 2.03. The molecule has 0 atom stereocenters. The lowest BCUT2D eigenvalue weighted by atomic mass is 10.3. The van der Waals surface area contributed by atoms with E-state index in [-0.39, 0.29) is 10.6 Å². The van der Waals surface area contributed by atoms with Gasteiger partial charge in [0.2, 0.25) is 0 Å². The zero-order valence-corrected chi connectivity index (χ0v) is 10.3. The number of hydrogen-bond donors (Lipinski definition) is 1. The van der Waals surface area contributed by atoms with Crippen molar-refractivity contribution in [3.63, 3.8) is 0 Å². The minimum Gasteiger partial charge on any atom is -0.447 e. The molecule has 0 aliphatic carbocycles. The highest BCUT2D eigenvalue weighted by Crippen LogP contribution is 2.23. The molecule has 1 amide bonds. The van der Waals surface area contributed by atoms with Gasteiger partial charge in [-0.3, -0.25) is 5.32 Å². The summed E-state index contributed by atoms with van der Waals surface area (Å²) in [5.41, 5.74) is -0.520. The third-order valence-electron chi connectivity index (χ3n) is 1.58. The smallest absolute Gasteiger partial charge is 0.412 e. The van der Waals surface area contributed by atoms with Crippen LogP contribution in [0.15, 0.2) is 16.6 Å². The molecule has 0 unspecified atom stereocenters. The molecule has 0 spiro atoms. The normalized spacial score (nSPS) is 10.4. The van der Waals surface area contributed by atoms with Crippen LogP contribution in [0.25, 0.3) is 0 Å². The van der Waals surface area contributed by atoms with Crippen LogP contribution >= 0.6 is 15.9 Å². The molecule has 0 radical (unpaired) electrons. The van der Waals surface area contributed by atoms with E-state index in [2.05, 4.69) is 15.9 Å². The first kappa shape index (κ1) is 12.9. The Balaban J connectivity index is 2.85. The number of carbonyl (C=O) groups excluding carboxylic acids is 1. The molecule has 0 saturated carbocycles. The number of rotatable bonds is 2. The molecule has 0 aliphatic heterocycles. The lowest BCUT2D eigenvalue weighted by molar-refractivity contribution is 0.129. The number of halogens is 3. The van der Waals surface area contributed by atoms with Gasteiger partial charge in [-0.2, -0.15) is 0 Å². The monoisotopic (exact) mass is 293 g/mol. The standard InChI is InChI=1S/C10H10BrF2NO2/c1-5(2)16-10(15)14-9-7(12)3-6(11)4-8(9)13/h3-5H,1-2H3,(H,14,15). The van der Waals surface area contributed by atoms with Gasteiger partial charge in [-0.25, -0.2) is 13.6 Å². The number of hydrogen-bond acceptors (Lipinski definition) is 2. The molecule has 1 N–H and O–H groups in total. The second kappa shape index (κ2) is 5.25. The van der Waals surface area contributed by atoms with Crippen molar-refractivity contribution in [1.29, 1.82) is 0 Å². The Labute approximate surface area is 99.9 Å². The van der Waals surface area contributed by atoms with Crippen LogP contribution in [0.4, 0.5) is 19.3 Å². The van der Waals surface area contributed by atoms with Crippen LogP contribution in [0.1, 0.15) is 13.8 Å². The van der Waals surface area contributed by atoms with Crippen LogP contribution < -0.4 is 5.32 Å². The van der Waals surface area contributed by atoms with E-state index in [1.807, 2.05) is 5.32 Å². The number of nitrogens with one attached hydrogen (secondary N) is 1. The van der Waals surface area contributed by atoms with Crippen molar-refractivity contribution in [3.8, 4) is 0 Å². The highest BCUT2D eigenvalue weighted by Gasteiger charge is 2.14. The molecule has 1 aromatic rings.